The number of carbonyl (C=O) groups is 1. The summed E-state index contributed by atoms with van der Waals surface area (Å²) >= 11 is 6.12. The molecule has 0 bridgehead atoms. The van der Waals surface area contributed by atoms with Crippen molar-refractivity contribution in [3.8, 4) is 0 Å². The molecule has 0 aliphatic carbocycles. The zero-order valence-electron chi connectivity index (χ0n) is 16.3. The Bertz CT molecular complexity index is 661. The minimum Gasteiger partial charge on any atom is -0.369 e. The molecule has 3 fully saturated rings. The van der Waals surface area contributed by atoms with E-state index in [-0.39, 0.29) is 6.04 Å². The number of hydrogen-bond acceptors (Lipinski definition) is 4. The van der Waals surface area contributed by atoms with Crippen LogP contribution in [0, 0.1) is 0 Å². The Morgan fingerprint density at radius 1 is 1.11 bits per heavy atom. The molecule has 4 rings (SSSR count). The Hall–Kier alpha value is -1.30. The highest BCUT2D eigenvalue weighted by atomic mass is 35.5. The number of anilines is 1. The largest absolute Gasteiger partial charge is 0.369 e. The third-order valence-electron chi connectivity index (χ3n) is 6.48. The minimum atomic E-state index is 0.0547. The maximum Gasteiger partial charge on any atom is 0.239 e. The van der Waals surface area contributed by atoms with Crippen LogP contribution in [0.3, 0.4) is 0 Å². The molecule has 6 heteroatoms. The second kappa shape index (κ2) is 8.38. The monoisotopic (exact) mass is 390 g/mol. The molecule has 0 radical (unpaired) electrons. The van der Waals surface area contributed by atoms with E-state index in [0.717, 1.165) is 63.8 Å². The van der Waals surface area contributed by atoms with Gasteiger partial charge in [0, 0.05) is 62.6 Å². The van der Waals surface area contributed by atoms with E-state index in [2.05, 4.69) is 38.7 Å². The van der Waals surface area contributed by atoms with Gasteiger partial charge in [-0.15, -0.1) is 0 Å². The van der Waals surface area contributed by atoms with Crippen LogP contribution in [-0.2, 0) is 4.79 Å². The normalized spacial score (nSPS) is 27.3. The molecule has 3 heterocycles. The first-order chi connectivity index (χ1) is 13.1. The predicted molar refractivity (Wildman–Crippen MR) is 110 cm³/mol. The lowest BCUT2D eigenvalue weighted by Gasteiger charge is -2.42. The summed E-state index contributed by atoms with van der Waals surface area (Å²) in [7, 11) is 0. The molecule has 0 saturated carbocycles. The summed E-state index contributed by atoms with van der Waals surface area (Å²) in [4.78, 5) is 22.0. The molecule has 5 nitrogen and oxygen atoms in total. The van der Waals surface area contributed by atoms with Gasteiger partial charge >= 0.3 is 0 Å². The zero-order valence-corrected chi connectivity index (χ0v) is 17.1. The van der Waals surface area contributed by atoms with Crippen LogP contribution in [-0.4, -0.2) is 85.0 Å². The summed E-state index contributed by atoms with van der Waals surface area (Å²) in [5.41, 5.74) is 1.23. The van der Waals surface area contributed by atoms with Crippen LogP contribution in [0.4, 0.5) is 5.69 Å². The van der Waals surface area contributed by atoms with Crippen molar-refractivity contribution >= 4 is 23.2 Å². The van der Waals surface area contributed by atoms with Crippen molar-refractivity contribution in [1.82, 2.24) is 14.7 Å². The van der Waals surface area contributed by atoms with Gasteiger partial charge in [-0.1, -0.05) is 17.7 Å². The molecule has 3 aliphatic heterocycles. The standard InChI is InChI=1S/C21H31ClN4O/c1-17-21(27)26-10-3-7-20(26)16-25(17)9-4-8-23-11-13-24(14-12-23)19-6-2-5-18(22)15-19/h2,5-6,15,17,20H,3-4,7-14,16H2,1H3/t17-,20+/m1/s1. The Kier molecular flexibility index (Phi) is 5.90. The summed E-state index contributed by atoms with van der Waals surface area (Å²) in [5, 5.41) is 0.806. The van der Waals surface area contributed by atoms with Gasteiger partial charge in [0.1, 0.15) is 0 Å². The third-order valence-corrected chi connectivity index (χ3v) is 6.71. The van der Waals surface area contributed by atoms with Crippen molar-refractivity contribution in [2.45, 2.75) is 38.3 Å². The molecule has 27 heavy (non-hydrogen) atoms. The van der Waals surface area contributed by atoms with Crippen LogP contribution in [0.25, 0.3) is 0 Å². The highest BCUT2D eigenvalue weighted by Crippen LogP contribution is 2.26. The van der Waals surface area contributed by atoms with Gasteiger partial charge in [-0.05, 0) is 50.9 Å². The van der Waals surface area contributed by atoms with Gasteiger partial charge in [0.05, 0.1) is 6.04 Å². The van der Waals surface area contributed by atoms with Crippen LogP contribution in [0.5, 0.6) is 0 Å². The molecular formula is C21H31ClN4O. The average molecular weight is 391 g/mol. The topological polar surface area (TPSA) is 30.0 Å². The molecule has 1 amide bonds. The van der Waals surface area contributed by atoms with E-state index in [4.69, 9.17) is 11.6 Å². The highest BCUT2D eigenvalue weighted by molar-refractivity contribution is 6.30. The van der Waals surface area contributed by atoms with E-state index in [1.807, 2.05) is 12.1 Å². The zero-order chi connectivity index (χ0) is 18.8. The first kappa shape index (κ1) is 19.0. The summed E-state index contributed by atoms with van der Waals surface area (Å²) < 4.78 is 0. The number of halogens is 1. The number of amides is 1. The second-order valence-electron chi connectivity index (χ2n) is 8.16. The van der Waals surface area contributed by atoms with Crippen LogP contribution >= 0.6 is 11.6 Å². The van der Waals surface area contributed by atoms with E-state index in [9.17, 15) is 4.79 Å². The van der Waals surface area contributed by atoms with E-state index in [1.165, 1.54) is 18.5 Å². The number of rotatable bonds is 5. The quantitative estimate of drug-likeness (QED) is 0.772. The van der Waals surface area contributed by atoms with Gasteiger partial charge in [0.15, 0.2) is 0 Å². The van der Waals surface area contributed by atoms with Gasteiger partial charge in [-0.25, -0.2) is 0 Å². The molecule has 1 aromatic rings. The number of hydrogen-bond donors (Lipinski definition) is 0. The minimum absolute atomic E-state index is 0.0547. The fraction of sp³-hybridized carbons (Fsp3) is 0.667. The lowest BCUT2D eigenvalue weighted by molar-refractivity contribution is -0.142. The summed E-state index contributed by atoms with van der Waals surface area (Å²) in [6.07, 6.45) is 3.50. The fourth-order valence-electron chi connectivity index (χ4n) is 4.83. The van der Waals surface area contributed by atoms with Gasteiger partial charge < -0.3 is 9.80 Å². The highest BCUT2D eigenvalue weighted by Gasteiger charge is 2.39. The molecule has 148 valence electrons. The second-order valence-corrected chi connectivity index (χ2v) is 8.60. The molecule has 1 aromatic carbocycles. The third kappa shape index (κ3) is 4.25. The molecule has 3 saturated heterocycles. The predicted octanol–water partition coefficient (Wildman–Crippen LogP) is 2.55. The Morgan fingerprint density at radius 2 is 1.93 bits per heavy atom. The number of piperazine rings is 2. The summed E-state index contributed by atoms with van der Waals surface area (Å²) in [6.45, 7) is 10.6. The number of nitrogens with zero attached hydrogens (tertiary/aromatic N) is 4. The molecule has 2 atom stereocenters. The average Bonchev–Trinajstić information content (AvgIpc) is 3.15. The van der Waals surface area contributed by atoms with E-state index >= 15 is 0 Å². The van der Waals surface area contributed by atoms with Crippen molar-refractivity contribution in [2.75, 3.05) is 57.3 Å². The summed E-state index contributed by atoms with van der Waals surface area (Å²) in [5.74, 6) is 0.346. The summed E-state index contributed by atoms with van der Waals surface area (Å²) in [6, 6.07) is 8.67. The van der Waals surface area contributed by atoms with Crippen molar-refractivity contribution in [2.24, 2.45) is 0 Å². The van der Waals surface area contributed by atoms with E-state index in [1.54, 1.807) is 0 Å². The SMILES string of the molecule is C[C@@H]1C(=O)N2CCC[C@H]2CN1CCCN1CCN(c2cccc(Cl)c2)CC1. The maximum absolute atomic E-state index is 12.5. The van der Waals surface area contributed by atoms with Crippen LogP contribution in [0.15, 0.2) is 24.3 Å². The number of fused-ring (bicyclic) bond motifs is 1. The smallest absolute Gasteiger partial charge is 0.239 e. The van der Waals surface area contributed by atoms with Crippen molar-refractivity contribution in [3.05, 3.63) is 29.3 Å². The molecular weight excluding hydrogens is 360 g/mol. The van der Waals surface area contributed by atoms with E-state index in [0.29, 0.717) is 11.9 Å². The Labute approximate surface area is 167 Å². The Balaban J connectivity index is 1.21. The van der Waals surface area contributed by atoms with Crippen molar-refractivity contribution < 1.29 is 4.79 Å². The van der Waals surface area contributed by atoms with Crippen LogP contribution in [0.1, 0.15) is 26.2 Å². The first-order valence-electron chi connectivity index (χ1n) is 10.4. The van der Waals surface area contributed by atoms with Gasteiger partial charge in [-0.2, -0.15) is 0 Å². The van der Waals surface area contributed by atoms with Crippen LogP contribution < -0.4 is 4.90 Å². The van der Waals surface area contributed by atoms with Crippen molar-refractivity contribution in [3.63, 3.8) is 0 Å². The lowest BCUT2D eigenvalue weighted by Crippen LogP contribution is -2.58. The molecule has 0 aromatic heterocycles. The van der Waals surface area contributed by atoms with Crippen molar-refractivity contribution in [1.29, 1.82) is 0 Å². The molecule has 0 N–H and O–H groups in total. The van der Waals surface area contributed by atoms with Gasteiger partial charge in [0.2, 0.25) is 5.91 Å². The Morgan fingerprint density at radius 3 is 2.70 bits per heavy atom. The van der Waals surface area contributed by atoms with Crippen LogP contribution in [0.2, 0.25) is 5.02 Å². The fourth-order valence-corrected chi connectivity index (χ4v) is 5.01. The number of benzene rings is 1. The van der Waals surface area contributed by atoms with E-state index < -0.39 is 0 Å². The molecule has 0 unspecified atom stereocenters. The van der Waals surface area contributed by atoms with Gasteiger partial charge in [0.25, 0.3) is 0 Å². The lowest BCUT2D eigenvalue weighted by atomic mass is 10.1. The maximum atomic E-state index is 12.5. The number of carbonyl (C=O) groups excluding carboxylic acids is 1. The first-order valence-corrected chi connectivity index (χ1v) is 10.8. The molecule has 3 aliphatic rings. The van der Waals surface area contributed by atoms with Gasteiger partial charge in [-0.3, -0.25) is 14.6 Å². The molecule has 0 spiro atoms.